The number of nitrogens with zero attached hydrogens (tertiary/aromatic N) is 1. The van der Waals surface area contributed by atoms with Crippen LogP contribution < -0.4 is 10.6 Å². The van der Waals surface area contributed by atoms with Crippen LogP contribution in [0.2, 0.25) is 0 Å². The number of hydrogen-bond donors (Lipinski definition) is 4. The summed E-state index contributed by atoms with van der Waals surface area (Å²) in [6.45, 7) is 0.708. The number of hydrogen-bond acceptors (Lipinski definition) is 7. The first-order valence-electron chi connectivity index (χ1n) is 9.69. The van der Waals surface area contributed by atoms with Crippen molar-refractivity contribution in [2.45, 2.75) is 31.8 Å². The van der Waals surface area contributed by atoms with Crippen LogP contribution in [-0.4, -0.2) is 82.5 Å². The van der Waals surface area contributed by atoms with Crippen molar-refractivity contribution < 1.29 is 43.7 Å². The number of imide groups is 1. The summed E-state index contributed by atoms with van der Waals surface area (Å²) in [4.78, 5) is 71.2. The van der Waals surface area contributed by atoms with Gasteiger partial charge < -0.3 is 25.6 Å². The van der Waals surface area contributed by atoms with E-state index < -0.39 is 60.7 Å². The maximum Gasteiger partial charge on any atom is 0.326 e. The molecular weight excluding hydrogens is 426 g/mol. The molecule has 1 aromatic carbocycles. The summed E-state index contributed by atoms with van der Waals surface area (Å²) >= 11 is 0. The summed E-state index contributed by atoms with van der Waals surface area (Å²) in [5.41, 5.74) is 0.608. The summed E-state index contributed by atoms with van der Waals surface area (Å²) in [5, 5.41) is 22.2. The normalized spacial score (nSPS) is 14.5. The molecule has 0 aliphatic carbocycles. The molecule has 0 saturated carbocycles. The van der Waals surface area contributed by atoms with Crippen molar-refractivity contribution in [2.24, 2.45) is 0 Å². The summed E-state index contributed by atoms with van der Waals surface area (Å²) in [7, 11) is 0. The number of rotatable bonds is 12. The van der Waals surface area contributed by atoms with Crippen LogP contribution in [0, 0.1) is 0 Å². The molecule has 12 heteroatoms. The maximum atomic E-state index is 12.2. The number of carboxylic acid groups (broad SMARTS) is 2. The molecule has 4 N–H and O–H groups in total. The van der Waals surface area contributed by atoms with Crippen LogP contribution in [0.3, 0.4) is 0 Å². The van der Waals surface area contributed by atoms with Crippen molar-refractivity contribution in [3.63, 3.8) is 0 Å². The monoisotopic (exact) mass is 449 g/mol. The third-order valence-corrected chi connectivity index (χ3v) is 4.60. The van der Waals surface area contributed by atoms with Crippen LogP contribution in [0.1, 0.15) is 40.5 Å². The van der Waals surface area contributed by atoms with Crippen molar-refractivity contribution in [1.82, 2.24) is 15.5 Å². The van der Waals surface area contributed by atoms with E-state index in [9.17, 15) is 28.8 Å². The first-order chi connectivity index (χ1) is 15.1. The topological polar surface area (TPSA) is 179 Å². The van der Waals surface area contributed by atoms with Gasteiger partial charge in [-0.3, -0.25) is 28.9 Å². The van der Waals surface area contributed by atoms with E-state index in [0.717, 1.165) is 4.90 Å². The third kappa shape index (κ3) is 6.35. The Bertz CT molecular complexity index is 896. The summed E-state index contributed by atoms with van der Waals surface area (Å²) < 4.78 is 5.17. The molecule has 0 spiro atoms. The molecule has 12 nitrogen and oxygen atoms in total. The second-order valence-electron chi connectivity index (χ2n) is 6.98. The van der Waals surface area contributed by atoms with E-state index in [1.807, 2.05) is 0 Å². The van der Waals surface area contributed by atoms with Crippen LogP contribution in [-0.2, 0) is 23.9 Å². The Labute approximate surface area is 182 Å². The molecule has 32 heavy (non-hydrogen) atoms. The Hall–Kier alpha value is -3.80. The Morgan fingerprint density at radius 2 is 1.62 bits per heavy atom. The van der Waals surface area contributed by atoms with E-state index in [-0.39, 0.29) is 19.6 Å². The number of benzene rings is 1. The molecule has 1 heterocycles. The highest BCUT2D eigenvalue weighted by atomic mass is 16.5. The van der Waals surface area contributed by atoms with Crippen molar-refractivity contribution in [3.05, 3.63) is 35.4 Å². The fourth-order valence-corrected chi connectivity index (χ4v) is 2.93. The maximum absolute atomic E-state index is 12.2. The highest BCUT2D eigenvalue weighted by molar-refractivity contribution is 6.21. The lowest BCUT2D eigenvalue weighted by Crippen LogP contribution is -2.51. The van der Waals surface area contributed by atoms with Gasteiger partial charge in [-0.05, 0) is 25.5 Å². The minimum atomic E-state index is -1.41. The van der Waals surface area contributed by atoms with E-state index in [1.165, 1.54) is 6.92 Å². The van der Waals surface area contributed by atoms with Crippen LogP contribution >= 0.6 is 0 Å². The van der Waals surface area contributed by atoms with Gasteiger partial charge in [0.1, 0.15) is 18.7 Å². The number of carboxylic acids is 2. The Balaban J connectivity index is 1.73. The van der Waals surface area contributed by atoms with Crippen LogP contribution in [0.15, 0.2) is 24.3 Å². The van der Waals surface area contributed by atoms with Crippen LogP contribution in [0.25, 0.3) is 0 Å². The number of amides is 4. The molecule has 0 unspecified atom stereocenters. The van der Waals surface area contributed by atoms with Gasteiger partial charge in [-0.1, -0.05) is 12.1 Å². The van der Waals surface area contributed by atoms with Crippen LogP contribution in [0.4, 0.5) is 0 Å². The van der Waals surface area contributed by atoms with Crippen molar-refractivity contribution >= 4 is 35.6 Å². The molecule has 2 atom stereocenters. The Morgan fingerprint density at radius 3 is 2.16 bits per heavy atom. The average Bonchev–Trinajstić information content (AvgIpc) is 2.98. The fourth-order valence-electron chi connectivity index (χ4n) is 2.93. The Morgan fingerprint density at radius 1 is 1.03 bits per heavy atom. The summed E-state index contributed by atoms with van der Waals surface area (Å²) in [6, 6.07) is 3.88. The highest BCUT2D eigenvalue weighted by Crippen LogP contribution is 2.21. The SMILES string of the molecule is C[C@H](NC(=O)COCCN1C(=O)c2ccccc2C1=O)C(=O)N[C@@H](CCC(=O)O)C(=O)O. The molecule has 1 aliphatic heterocycles. The summed E-state index contributed by atoms with van der Waals surface area (Å²) in [6.07, 6.45) is -0.753. The van der Waals surface area contributed by atoms with Gasteiger partial charge in [-0.2, -0.15) is 0 Å². The average molecular weight is 449 g/mol. The van der Waals surface area contributed by atoms with E-state index >= 15 is 0 Å². The second-order valence-corrected chi connectivity index (χ2v) is 6.98. The number of aliphatic carboxylic acids is 2. The molecule has 172 valence electrons. The van der Waals surface area contributed by atoms with E-state index in [4.69, 9.17) is 14.9 Å². The Kier molecular flexibility index (Phi) is 8.41. The molecule has 4 amide bonds. The van der Waals surface area contributed by atoms with E-state index in [2.05, 4.69) is 10.6 Å². The molecule has 0 radical (unpaired) electrons. The largest absolute Gasteiger partial charge is 0.481 e. The lowest BCUT2D eigenvalue weighted by Gasteiger charge is -2.18. The zero-order chi connectivity index (χ0) is 23.8. The van der Waals surface area contributed by atoms with Crippen molar-refractivity contribution in [3.8, 4) is 0 Å². The zero-order valence-electron chi connectivity index (χ0n) is 17.2. The first kappa shape index (κ1) is 24.5. The predicted molar refractivity (Wildman–Crippen MR) is 107 cm³/mol. The number of nitrogens with one attached hydrogen (secondary N) is 2. The molecule has 1 aliphatic rings. The molecule has 1 aromatic rings. The second kappa shape index (κ2) is 11.0. The fraction of sp³-hybridized carbons (Fsp3) is 0.400. The van der Waals surface area contributed by atoms with Crippen molar-refractivity contribution in [2.75, 3.05) is 19.8 Å². The van der Waals surface area contributed by atoms with Gasteiger partial charge in [0.25, 0.3) is 11.8 Å². The van der Waals surface area contributed by atoms with E-state index in [0.29, 0.717) is 11.1 Å². The van der Waals surface area contributed by atoms with Crippen LogP contribution in [0.5, 0.6) is 0 Å². The minimum absolute atomic E-state index is 0.0560. The predicted octanol–water partition coefficient (Wildman–Crippen LogP) is -0.762. The lowest BCUT2D eigenvalue weighted by atomic mass is 10.1. The quantitative estimate of drug-likeness (QED) is 0.236. The van der Waals surface area contributed by atoms with Gasteiger partial charge in [0.15, 0.2) is 0 Å². The van der Waals surface area contributed by atoms with Gasteiger partial charge in [0.05, 0.1) is 24.3 Å². The molecule has 0 fully saturated rings. The molecular formula is C20H23N3O9. The smallest absolute Gasteiger partial charge is 0.326 e. The van der Waals surface area contributed by atoms with Gasteiger partial charge >= 0.3 is 11.9 Å². The number of carbonyl (C=O) groups is 6. The van der Waals surface area contributed by atoms with E-state index in [1.54, 1.807) is 24.3 Å². The molecule has 0 bridgehead atoms. The zero-order valence-corrected chi connectivity index (χ0v) is 17.2. The number of ether oxygens (including phenoxy) is 1. The number of fused-ring (bicyclic) bond motifs is 1. The van der Waals surface area contributed by atoms with Gasteiger partial charge in [0, 0.05) is 6.42 Å². The van der Waals surface area contributed by atoms with Gasteiger partial charge in [-0.25, -0.2) is 4.79 Å². The molecule has 2 rings (SSSR count). The van der Waals surface area contributed by atoms with Crippen molar-refractivity contribution in [1.29, 1.82) is 0 Å². The first-order valence-corrected chi connectivity index (χ1v) is 9.69. The van der Waals surface area contributed by atoms with Gasteiger partial charge in [-0.15, -0.1) is 0 Å². The summed E-state index contributed by atoms with van der Waals surface area (Å²) in [5.74, 6) is -4.96. The highest BCUT2D eigenvalue weighted by Gasteiger charge is 2.34. The molecule has 0 saturated heterocycles. The molecule has 0 aromatic heterocycles. The minimum Gasteiger partial charge on any atom is -0.481 e. The third-order valence-electron chi connectivity index (χ3n) is 4.60. The number of carbonyl (C=O) groups excluding carboxylic acids is 4. The lowest BCUT2D eigenvalue weighted by molar-refractivity contribution is -0.143. The standard InChI is InChI=1S/C20H23N3O9/c1-11(17(27)22-14(20(30)31)6-7-16(25)26)21-15(24)10-32-9-8-23-18(28)12-4-2-3-5-13(12)19(23)29/h2-5,11,14H,6-10H2,1H3,(H,21,24)(H,22,27)(H,25,26)(H,30,31)/t11-,14-/m0/s1. The van der Waals surface area contributed by atoms with Gasteiger partial charge in [0.2, 0.25) is 11.8 Å².